The number of amides is 1. The number of carbonyl (C=O) groups is 1. The van der Waals surface area contributed by atoms with E-state index in [1.165, 1.54) is 0 Å². The van der Waals surface area contributed by atoms with Crippen LogP contribution in [0.25, 0.3) is 0 Å². The van der Waals surface area contributed by atoms with Crippen molar-refractivity contribution < 1.29 is 9.90 Å². The molecule has 5 nitrogen and oxygen atoms in total. The number of hydrogen-bond acceptors (Lipinski definition) is 6. The summed E-state index contributed by atoms with van der Waals surface area (Å²) in [5, 5.41) is 22.3. The van der Waals surface area contributed by atoms with Gasteiger partial charge in [-0.3, -0.25) is 15.2 Å². The van der Waals surface area contributed by atoms with Crippen LogP contribution in [-0.2, 0) is 4.79 Å². The Hall–Kier alpha value is -1.22. The molecule has 0 heterocycles. The Bertz CT molecular complexity index is 1000. The summed E-state index contributed by atoms with van der Waals surface area (Å²) in [6.45, 7) is 1.35. The minimum Gasteiger partial charge on any atom is -0.393 e. The van der Waals surface area contributed by atoms with Gasteiger partial charge in [0, 0.05) is 16.0 Å². The lowest BCUT2D eigenvalue weighted by atomic mass is 9.93. The molecule has 3 N–H and O–H groups in total. The molecule has 2 aromatic rings. The molecular weight excluding hydrogens is 509 g/mol. The fourth-order valence-electron chi connectivity index (χ4n) is 2.80. The molecule has 0 saturated carbocycles. The molecule has 0 spiro atoms. The molecule has 2 atom stereocenters. The highest BCUT2D eigenvalue weighted by Crippen LogP contribution is 2.30. The number of nitrogens with one attached hydrogen (secondary N) is 2. The highest BCUT2D eigenvalue weighted by molar-refractivity contribution is 7.98. The van der Waals surface area contributed by atoms with Gasteiger partial charge in [-0.1, -0.05) is 53.9 Å². The van der Waals surface area contributed by atoms with E-state index in [1.54, 1.807) is 61.2 Å². The number of aliphatic hydroxyl groups excluding tert-OH is 1. The number of thioether (sulfide) groups is 1. The zero-order valence-corrected chi connectivity index (χ0v) is 21.5. The lowest BCUT2D eigenvalue weighted by Gasteiger charge is -2.28. The van der Waals surface area contributed by atoms with Crippen molar-refractivity contribution >= 4 is 82.2 Å². The Morgan fingerprint density at radius 1 is 1.22 bits per heavy atom. The third-order valence-electron chi connectivity index (χ3n) is 4.71. The van der Waals surface area contributed by atoms with E-state index in [1.807, 2.05) is 6.26 Å². The summed E-state index contributed by atoms with van der Waals surface area (Å²) < 4.78 is 0. The average molecular weight is 533 g/mol. The number of carbonyl (C=O) groups excluding carboxylic acids is 1. The molecule has 0 fully saturated rings. The van der Waals surface area contributed by atoms with Gasteiger partial charge in [-0.15, -0.1) is 12.6 Å². The number of thiol groups is 1. The van der Waals surface area contributed by atoms with Crippen molar-refractivity contribution in [2.45, 2.75) is 18.2 Å². The molecule has 0 aromatic heterocycles. The van der Waals surface area contributed by atoms with Crippen LogP contribution in [0.1, 0.15) is 18.9 Å². The fourth-order valence-corrected chi connectivity index (χ4v) is 4.29. The fraction of sp³-hybridized carbons (Fsp3) is 0.318. The number of nitrogens with zero attached hydrogens (tertiary/aromatic N) is 1. The van der Waals surface area contributed by atoms with Gasteiger partial charge < -0.3 is 10.4 Å². The van der Waals surface area contributed by atoms with Crippen LogP contribution in [-0.4, -0.2) is 45.9 Å². The summed E-state index contributed by atoms with van der Waals surface area (Å²) in [6, 6.07) is 11.9. The molecule has 0 aliphatic heterocycles. The van der Waals surface area contributed by atoms with Crippen molar-refractivity contribution in [1.29, 1.82) is 5.41 Å². The van der Waals surface area contributed by atoms with Crippen molar-refractivity contribution in [3.05, 3.63) is 63.1 Å². The van der Waals surface area contributed by atoms with Gasteiger partial charge in [-0.05, 0) is 54.3 Å². The SMILES string of the molecule is CSCCC(S)(CO)NC(=O)C(=N)C(C)C(=Nc1ccc(Cl)cc1Cl)c1ccc(Cl)cc1. The number of hydrogen-bond donors (Lipinski definition) is 4. The molecule has 0 bridgehead atoms. The van der Waals surface area contributed by atoms with E-state index in [2.05, 4.69) is 22.9 Å². The summed E-state index contributed by atoms with van der Waals surface area (Å²) in [4.78, 5) is 16.4. The number of benzene rings is 2. The van der Waals surface area contributed by atoms with Gasteiger partial charge in [-0.2, -0.15) is 11.8 Å². The Balaban J connectivity index is 2.40. The number of aliphatic hydroxyl groups is 1. The van der Waals surface area contributed by atoms with Crippen molar-refractivity contribution in [3.8, 4) is 0 Å². The lowest BCUT2D eigenvalue weighted by Crippen LogP contribution is -2.51. The van der Waals surface area contributed by atoms with Crippen molar-refractivity contribution in [2.24, 2.45) is 10.9 Å². The first-order valence-electron chi connectivity index (χ1n) is 9.63. The quantitative estimate of drug-likeness (QED) is 0.174. The smallest absolute Gasteiger partial charge is 0.266 e. The van der Waals surface area contributed by atoms with Gasteiger partial charge >= 0.3 is 0 Å². The first-order chi connectivity index (χ1) is 15.1. The number of halogens is 3. The van der Waals surface area contributed by atoms with Crippen LogP contribution in [0.15, 0.2) is 47.5 Å². The number of aliphatic imine (C=N–C) groups is 1. The second kappa shape index (κ2) is 12.3. The van der Waals surface area contributed by atoms with E-state index >= 15 is 0 Å². The minimum absolute atomic E-state index is 0.222. The maximum Gasteiger partial charge on any atom is 0.266 e. The highest BCUT2D eigenvalue weighted by atomic mass is 35.5. The molecule has 0 saturated heterocycles. The summed E-state index contributed by atoms with van der Waals surface area (Å²) in [7, 11) is 0. The molecule has 2 unspecified atom stereocenters. The first kappa shape index (κ1) is 27.0. The van der Waals surface area contributed by atoms with E-state index in [-0.39, 0.29) is 12.3 Å². The van der Waals surface area contributed by atoms with E-state index in [0.29, 0.717) is 44.2 Å². The molecule has 172 valence electrons. The monoisotopic (exact) mass is 531 g/mol. The van der Waals surface area contributed by atoms with Crippen LogP contribution >= 0.6 is 59.2 Å². The molecule has 10 heteroatoms. The average Bonchev–Trinajstić information content (AvgIpc) is 2.77. The summed E-state index contributed by atoms with van der Waals surface area (Å²) in [5.74, 6) is -0.633. The largest absolute Gasteiger partial charge is 0.393 e. The van der Waals surface area contributed by atoms with Gasteiger partial charge in [0.15, 0.2) is 0 Å². The van der Waals surface area contributed by atoms with Crippen LogP contribution in [0.4, 0.5) is 5.69 Å². The van der Waals surface area contributed by atoms with Gasteiger partial charge in [-0.25, -0.2) is 0 Å². The van der Waals surface area contributed by atoms with Crippen LogP contribution in [0, 0.1) is 11.3 Å². The standard InChI is InChI=1S/C22H24Cl3N3O2S2/c1-13(19(26)21(30)28-22(31,12-29)9-10-32-2)20(14-3-5-15(23)6-4-14)27-18-8-7-16(24)11-17(18)25/h3-8,11,13,26,29,31H,9-10,12H2,1-2H3,(H,28,30). The Morgan fingerprint density at radius 2 is 1.84 bits per heavy atom. The van der Waals surface area contributed by atoms with Crippen molar-refractivity contribution in [1.82, 2.24) is 5.32 Å². The number of rotatable bonds is 10. The zero-order chi connectivity index (χ0) is 23.9. The third kappa shape index (κ3) is 7.40. The Morgan fingerprint density at radius 3 is 2.41 bits per heavy atom. The van der Waals surface area contributed by atoms with E-state index in [4.69, 9.17) is 40.2 Å². The van der Waals surface area contributed by atoms with E-state index in [0.717, 1.165) is 0 Å². The molecular formula is C22H24Cl3N3O2S2. The molecule has 1 amide bonds. The van der Waals surface area contributed by atoms with Gasteiger partial charge in [0.1, 0.15) is 10.6 Å². The minimum atomic E-state index is -1.12. The van der Waals surface area contributed by atoms with Crippen LogP contribution in [0.2, 0.25) is 15.1 Å². The summed E-state index contributed by atoms with van der Waals surface area (Å²) in [5.41, 5.74) is 1.39. The topological polar surface area (TPSA) is 85.5 Å². The van der Waals surface area contributed by atoms with Gasteiger partial charge in [0.2, 0.25) is 0 Å². The van der Waals surface area contributed by atoms with Gasteiger partial charge in [0.05, 0.1) is 23.0 Å². The predicted molar refractivity (Wildman–Crippen MR) is 141 cm³/mol. The predicted octanol–water partition coefficient (Wildman–Crippen LogP) is 5.91. The summed E-state index contributed by atoms with van der Waals surface area (Å²) in [6.07, 6.45) is 2.37. The second-order valence-electron chi connectivity index (χ2n) is 7.12. The Labute approximate surface area is 212 Å². The zero-order valence-electron chi connectivity index (χ0n) is 17.5. The normalized spacial score (nSPS) is 14.5. The molecule has 2 rings (SSSR count). The van der Waals surface area contributed by atoms with E-state index in [9.17, 15) is 9.90 Å². The van der Waals surface area contributed by atoms with Crippen LogP contribution < -0.4 is 5.32 Å². The third-order valence-corrected chi connectivity index (χ3v) is 6.58. The van der Waals surface area contributed by atoms with Crippen molar-refractivity contribution in [2.75, 3.05) is 18.6 Å². The first-order valence-corrected chi connectivity index (χ1v) is 12.6. The molecule has 0 aliphatic rings. The molecule has 32 heavy (non-hydrogen) atoms. The molecule has 0 radical (unpaired) electrons. The van der Waals surface area contributed by atoms with Crippen LogP contribution in [0.5, 0.6) is 0 Å². The van der Waals surface area contributed by atoms with Crippen molar-refractivity contribution in [3.63, 3.8) is 0 Å². The highest BCUT2D eigenvalue weighted by Gasteiger charge is 2.31. The van der Waals surface area contributed by atoms with Gasteiger partial charge in [0.25, 0.3) is 5.91 Å². The maximum absolute atomic E-state index is 12.9. The van der Waals surface area contributed by atoms with Crippen LogP contribution in [0.3, 0.4) is 0 Å². The molecule has 0 aliphatic carbocycles. The van der Waals surface area contributed by atoms with E-state index < -0.39 is 16.7 Å². The second-order valence-corrected chi connectivity index (χ2v) is 10.2. The molecule has 2 aromatic carbocycles. The lowest BCUT2D eigenvalue weighted by molar-refractivity contribution is -0.116. The Kier molecular flexibility index (Phi) is 10.4. The maximum atomic E-state index is 12.9. The summed E-state index contributed by atoms with van der Waals surface area (Å²) >= 11 is 24.3.